The summed E-state index contributed by atoms with van der Waals surface area (Å²) < 4.78 is 6.46. The molecule has 0 aromatic carbocycles. The molecule has 0 spiro atoms. The second-order valence-electron chi connectivity index (χ2n) is 7.15. The third-order valence-corrected chi connectivity index (χ3v) is 4.27. The average Bonchev–Trinajstić information content (AvgIpc) is 2.46. The molecule has 0 saturated carbocycles. The molecular formula is C17H26BrN3O2. The van der Waals surface area contributed by atoms with Crippen LogP contribution in [0, 0.1) is 5.92 Å². The number of piperidine rings is 1. The Hall–Kier alpha value is -1.30. The minimum atomic E-state index is -0.442. The second kappa shape index (κ2) is 7.51. The molecule has 0 aliphatic carbocycles. The number of carbonyl (C=O) groups excluding carboxylic acids is 1. The van der Waals surface area contributed by atoms with E-state index in [2.05, 4.69) is 25.8 Å². The Balaban J connectivity index is 1.90. The first-order valence-corrected chi connectivity index (χ1v) is 8.84. The lowest BCUT2D eigenvalue weighted by Gasteiger charge is -2.35. The van der Waals surface area contributed by atoms with Crippen molar-refractivity contribution in [2.24, 2.45) is 5.92 Å². The van der Waals surface area contributed by atoms with Gasteiger partial charge in [-0.25, -0.2) is 9.78 Å². The summed E-state index contributed by atoms with van der Waals surface area (Å²) in [4.78, 5) is 20.6. The van der Waals surface area contributed by atoms with E-state index in [0.717, 1.165) is 42.8 Å². The number of pyridine rings is 1. The first-order chi connectivity index (χ1) is 10.7. The third-order valence-electron chi connectivity index (χ3n) is 3.81. The van der Waals surface area contributed by atoms with Crippen molar-refractivity contribution >= 4 is 27.8 Å². The molecule has 1 aliphatic rings. The lowest BCUT2D eigenvalue weighted by atomic mass is 9.98. The van der Waals surface area contributed by atoms with Gasteiger partial charge in [0.2, 0.25) is 0 Å². The van der Waals surface area contributed by atoms with E-state index in [-0.39, 0.29) is 6.09 Å². The molecule has 0 unspecified atom stereocenters. The van der Waals surface area contributed by atoms with E-state index in [4.69, 9.17) is 4.74 Å². The van der Waals surface area contributed by atoms with Gasteiger partial charge >= 0.3 is 6.09 Å². The summed E-state index contributed by atoms with van der Waals surface area (Å²) in [5.41, 5.74) is -0.442. The SMILES string of the molecule is CN(C[C@H]1CCCN(C(=O)OC(C)(C)C)C1)c1ccc(Br)cn1. The van der Waals surface area contributed by atoms with Crippen molar-refractivity contribution in [3.05, 3.63) is 22.8 Å². The average molecular weight is 384 g/mol. The highest BCUT2D eigenvalue weighted by Gasteiger charge is 2.28. The van der Waals surface area contributed by atoms with Crippen LogP contribution in [0.15, 0.2) is 22.8 Å². The van der Waals surface area contributed by atoms with Crippen LogP contribution in [-0.2, 0) is 4.74 Å². The molecule has 1 aromatic rings. The summed E-state index contributed by atoms with van der Waals surface area (Å²) in [6.45, 7) is 8.12. The topological polar surface area (TPSA) is 45.7 Å². The molecular weight excluding hydrogens is 358 g/mol. The molecule has 1 aromatic heterocycles. The molecule has 23 heavy (non-hydrogen) atoms. The molecule has 2 rings (SSSR count). The van der Waals surface area contributed by atoms with Crippen LogP contribution in [0.1, 0.15) is 33.6 Å². The summed E-state index contributed by atoms with van der Waals surface area (Å²) >= 11 is 3.40. The molecule has 6 heteroatoms. The van der Waals surface area contributed by atoms with Crippen molar-refractivity contribution in [3.63, 3.8) is 0 Å². The second-order valence-corrected chi connectivity index (χ2v) is 8.07. The molecule has 0 radical (unpaired) electrons. The van der Waals surface area contributed by atoms with Crippen molar-refractivity contribution < 1.29 is 9.53 Å². The Morgan fingerprint density at radius 3 is 2.83 bits per heavy atom. The van der Waals surface area contributed by atoms with E-state index in [9.17, 15) is 4.79 Å². The normalized spacial score (nSPS) is 18.7. The number of likely N-dealkylation sites (tertiary alicyclic amines) is 1. The zero-order valence-electron chi connectivity index (χ0n) is 14.4. The van der Waals surface area contributed by atoms with Gasteiger partial charge in [0.15, 0.2) is 0 Å². The lowest BCUT2D eigenvalue weighted by molar-refractivity contribution is 0.0170. The van der Waals surface area contributed by atoms with E-state index in [1.807, 2.05) is 44.9 Å². The maximum absolute atomic E-state index is 12.2. The maximum atomic E-state index is 12.2. The van der Waals surface area contributed by atoms with Crippen LogP contribution in [0.3, 0.4) is 0 Å². The van der Waals surface area contributed by atoms with Crippen molar-refractivity contribution in [3.8, 4) is 0 Å². The number of hydrogen-bond donors (Lipinski definition) is 0. The zero-order valence-corrected chi connectivity index (χ0v) is 16.0. The van der Waals surface area contributed by atoms with E-state index in [0.29, 0.717) is 5.92 Å². The van der Waals surface area contributed by atoms with Crippen LogP contribution in [0.25, 0.3) is 0 Å². The number of nitrogens with zero attached hydrogens (tertiary/aromatic N) is 3. The van der Waals surface area contributed by atoms with Crippen LogP contribution in [0.4, 0.5) is 10.6 Å². The van der Waals surface area contributed by atoms with Crippen LogP contribution >= 0.6 is 15.9 Å². The molecule has 128 valence electrons. The number of aromatic nitrogens is 1. The van der Waals surface area contributed by atoms with Gasteiger partial charge < -0.3 is 14.5 Å². The van der Waals surface area contributed by atoms with Crippen molar-refractivity contribution in [1.82, 2.24) is 9.88 Å². The number of ether oxygens (including phenoxy) is 1. The van der Waals surface area contributed by atoms with Gasteiger partial charge in [0.1, 0.15) is 11.4 Å². The molecule has 0 bridgehead atoms. The van der Waals surface area contributed by atoms with Gasteiger partial charge in [-0.05, 0) is 67.6 Å². The molecule has 1 atom stereocenters. The van der Waals surface area contributed by atoms with Crippen LogP contribution in [0.5, 0.6) is 0 Å². The van der Waals surface area contributed by atoms with Gasteiger partial charge in [0.05, 0.1) is 0 Å². The van der Waals surface area contributed by atoms with Gasteiger partial charge in [0.25, 0.3) is 0 Å². The quantitative estimate of drug-likeness (QED) is 0.792. The highest BCUT2D eigenvalue weighted by atomic mass is 79.9. The predicted molar refractivity (Wildman–Crippen MR) is 95.7 cm³/mol. The molecule has 2 heterocycles. The Bertz CT molecular complexity index is 528. The largest absolute Gasteiger partial charge is 0.444 e. The molecule has 5 nitrogen and oxygen atoms in total. The minimum absolute atomic E-state index is 0.202. The maximum Gasteiger partial charge on any atom is 0.410 e. The fourth-order valence-electron chi connectivity index (χ4n) is 2.78. The summed E-state index contributed by atoms with van der Waals surface area (Å²) in [7, 11) is 2.04. The third kappa shape index (κ3) is 5.68. The van der Waals surface area contributed by atoms with Gasteiger partial charge in [-0.1, -0.05) is 0 Å². The standard InChI is InChI=1S/C17H26BrN3O2/c1-17(2,3)23-16(22)21-9-5-6-13(12-21)11-20(4)15-8-7-14(18)10-19-15/h7-8,10,13H,5-6,9,11-12H2,1-4H3/t13-/m1/s1. The van der Waals surface area contributed by atoms with Gasteiger partial charge in [-0.15, -0.1) is 0 Å². The van der Waals surface area contributed by atoms with Crippen molar-refractivity contribution in [1.29, 1.82) is 0 Å². The van der Waals surface area contributed by atoms with E-state index < -0.39 is 5.60 Å². The number of hydrogen-bond acceptors (Lipinski definition) is 4. The predicted octanol–water partition coefficient (Wildman–Crippen LogP) is 3.93. The minimum Gasteiger partial charge on any atom is -0.444 e. The highest BCUT2D eigenvalue weighted by molar-refractivity contribution is 9.10. The van der Waals surface area contributed by atoms with Gasteiger partial charge in [-0.3, -0.25) is 0 Å². The van der Waals surface area contributed by atoms with Crippen LogP contribution in [0.2, 0.25) is 0 Å². The number of carbonyl (C=O) groups is 1. The Kier molecular flexibility index (Phi) is 5.89. The molecule has 1 aliphatic heterocycles. The Morgan fingerprint density at radius 1 is 1.48 bits per heavy atom. The fourth-order valence-corrected chi connectivity index (χ4v) is 3.02. The van der Waals surface area contributed by atoms with E-state index >= 15 is 0 Å². The van der Waals surface area contributed by atoms with E-state index in [1.54, 1.807) is 6.20 Å². The molecule has 1 fully saturated rings. The van der Waals surface area contributed by atoms with Crippen LogP contribution in [-0.4, -0.2) is 48.3 Å². The Labute approximate surface area is 147 Å². The van der Waals surface area contributed by atoms with Crippen LogP contribution < -0.4 is 4.90 Å². The number of halogens is 1. The summed E-state index contributed by atoms with van der Waals surface area (Å²) in [5.74, 6) is 1.38. The first kappa shape index (κ1) is 18.0. The summed E-state index contributed by atoms with van der Waals surface area (Å²) in [6.07, 6.45) is 3.75. The Morgan fingerprint density at radius 2 is 2.22 bits per heavy atom. The number of rotatable bonds is 3. The number of amides is 1. The number of anilines is 1. The van der Waals surface area contributed by atoms with Gasteiger partial charge in [-0.2, -0.15) is 0 Å². The molecule has 1 amide bonds. The van der Waals surface area contributed by atoms with Gasteiger partial charge in [0, 0.05) is 37.4 Å². The fraction of sp³-hybridized carbons (Fsp3) is 0.647. The highest BCUT2D eigenvalue weighted by Crippen LogP contribution is 2.22. The van der Waals surface area contributed by atoms with Crippen molar-refractivity contribution in [2.75, 3.05) is 31.6 Å². The monoisotopic (exact) mass is 383 g/mol. The smallest absolute Gasteiger partial charge is 0.410 e. The summed E-state index contributed by atoms with van der Waals surface area (Å²) in [6, 6.07) is 3.99. The zero-order chi connectivity index (χ0) is 17.0. The molecule has 1 saturated heterocycles. The first-order valence-electron chi connectivity index (χ1n) is 8.05. The summed E-state index contributed by atoms with van der Waals surface area (Å²) in [5, 5.41) is 0. The van der Waals surface area contributed by atoms with E-state index in [1.165, 1.54) is 0 Å². The lowest BCUT2D eigenvalue weighted by Crippen LogP contribution is -2.45. The van der Waals surface area contributed by atoms with Crippen molar-refractivity contribution in [2.45, 2.75) is 39.2 Å². The molecule has 0 N–H and O–H groups in total.